The van der Waals surface area contributed by atoms with Gasteiger partial charge in [0.25, 0.3) is 0 Å². The van der Waals surface area contributed by atoms with Gasteiger partial charge in [0.1, 0.15) is 0 Å². The van der Waals surface area contributed by atoms with Gasteiger partial charge in [-0.2, -0.15) is 0 Å². The van der Waals surface area contributed by atoms with Crippen molar-refractivity contribution < 1.29 is 9.59 Å². The Balaban J connectivity index is 1.68. The average molecular weight is 272 g/mol. The predicted octanol–water partition coefficient (Wildman–Crippen LogP) is 3.09. The quantitative estimate of drug-likeness (QED) is 0.869. The molecule has 2 amide bonds. The van der Waals surface area contributed by atoms with E-state index in [1.54, 1.807) is 0 Å². The number of carbonyl (C=O) groups excluding carboxylic acids is 2. The summed E-state index contributed by atoms with van der Waals surface area (Å²) in [7, 11) is 0. The van der Waals surface area contributed by atoms with E-state index in [2.05, 4.69) is 10.6 Å². The molecule has 1 aromatic rings. The van der Waals surface area contributed by atoms with Crippen LogP contribution in [0, 0.1) is 5.92 Å². The molecule has 2 N–H and O–H groups in total. The van der Waals surface area contributed by atoms with Crippen LogP contribution in [0.5, 0.6) is 0 Å². The molecule has 0 bridgehead atoms. The lowest BCUT2D eigenvalue weighted by molar-refractivity contribution is -0.120. The van der Waals surface area contributed by atoms with Crippen LogP contribution in [-0.4, -0.2) is 11.8 Å². The van der Waals surface area contributed by atoms with Crippen molar-refractivity contribution >= 4 is 23.2 Å². The van der Waals surface area contributed by atoms with Crippen LogP contribution in [-0.2, 0) is 16.0 Å². The number of aryl methyl sites for hydroxylation is 1. The van der Waals surface area contributed by atoms with Gasteiger partial charge < -0.3 is 10.6 Å². The summed E-state index contributed by atoms with van der Waals surface area (Å²) in [6.45, 7) is 0. The average Bonchev–Trinajstić information content (AvgIpc) is 2.48. The lowest BCUT2D eigenvalue weighted by Gasteiger charge is -2.22. The van der Waals surface area contributed by atoms with Crippen molar-refractivity contribution in [2.75, 3.05) is 10.6 Å². The van der Waals surface area contributed by atoms with Crippen molar-refractivity contribution in [3.05, 3.63) is 23.8 Å². The second-order valence-electron chi connectivity index (χ2n) is 5.74. The highest BCUT2D eigenvalue weighted by Gasteiger charge is 2.21. The molecule has 20 heavy (non-hydrogen) atoms. The summed E-state index contributed by atoms with van der Waals surface area (Å²) in [5.74, 6) is 0.375. The summed E-state index contributed by atoms with van der Waals surface area (Å²) in [4.78, 5) is 23.5. The molecule has 1 heterocycles. The Bertz CT molecular complexity index is 533. The number of rotatable bonds is 2. The fourth-order valence-electron chi connectivity index (χ4n) is 3.07. The molecule has 0 radical (unpaired) electrons. The number of amides is 2. The highest BCUT2D eigenvalue weighted by Crippen LogP contribution is 2.28. The van der Waals surface area contributed by atoms with Crippen LogP contribution < -0.4 is 10.6 Å². The Morgan fingerprint density at radius 2 is 1.95 bits per heavy atom. The SMILES string of the molecule is O=C1CCc2cc(NC(=O)C3CCCCC3)ccc2N1. The minimum atomic E-state index is 0.0662. The van der Waals surface area contributed by atoms with E-state index in [4.69, 9.17) is 0 Å². The van der Waals surface area contributed by atoms with Crippen molar-refractivity contribution in [2.24, 2.45) is 5.92 Å². The number of hydrogen-bond acceptors (Lipinski definition) is 2. The van der Waals surface area contributed by atoms with E-state index in [0.717, 1.165) is 49.0 Å². The van der Waals surface area contributed by atoms with Crippen molar-refractivity contribution in [3.8, 4) is 0 Å². The van der Waals surface area contributed by atoms with E-state index in [1.165, 1.54) is 6.42 Å². The van der Waals surface area contributed by atoms with E-state index in [9.17, 15) is 9.59 Å². The minimum Gasteiger partial charge on any atom is -0.326 e. The van der Waals surface area contributed by atoms with E-state index < -0.39 is 0 Å². The number of carbonyl (C=O) groups is 2. The number of hydrogen-bond donors (Lipinski definition) is 2. The smallest absolute Gasteiger partial charge is 0.227 e. The summed E-state index contributed by atoms with van der Waals surface area (Å²) in [5.41, 5.74) is 2.82. The molecule has 0 aromatic heterocycles. The van der Waals surface area contributed by atoms with Gasteiger partial charge in [-0.3, -0.25) is 9.59 Å². The van der Waals surface area contributed by atoms with Gasteiger partial charge in [0.2, 0.25) is 11.8 Å². The molecule has 1 fully saturated rings. The van der Waals surface area contributed by atoms with E-state index in [-0.39, 0.29) is 17.7 Å². The number of nitrogens with one attached hydrogen (secondary N) is 2. The van der Waals surface area contributed by atoms with Crippen molar-refractivity contribution in [3.63, 3.8) is 0 Å². The molecular weight excluding hydrogens is 252 g/mol. The van der Waals surface area contributed by atoms with Gasteiger partial charge in [0, 0.05) is 23.7 Å². The summed E-state index contributed by atoms with van der Waals surface area (Å²) in [6.07, 6.45) is 6.85. The fraction of sp³-hybridized carbons (Fsp3) is 0.500. The summed E-state index contributed by atoms with van der Waals surface area (Å²) < 4.78 is 0. The molecule has 1 saturated carbocycles. The summed E-state index contributed by atoms with van der Waals surface area (Å²) in [6, 6.07) is 5.73. The van der Waals surface area contributed by atoms with Gasteiger partial charge in [-0.05, 0) is 43.0 Å². The molecule has 1 aliphatic heterocycles. The molecule has 4 heteroatoms. The van der Waals surface area contributed by atoms with Crippen molar-refractivity contribution in [1.29, 1.82) is 0 Å². The zero-order valence-electron chi connectivity index (χ0n) is 11.6. The Kier molecular flexibility index (Phi) is 3.72. The van der Waals surface area contributed by atoms with E-state index in [1.807, 2.05) is 18.2 Å². The third-order valence-electron chi connectivity index (χ3n) is 4.24. The van der Waals surface area contributed by atoms with Crippen LogP contribution in [0.3, 0.4) is 0 Å². The first kappa shape index (κ1) is 13.2. The Labute approximate surface area is 118 Å². The second kappa shape index (κ2) is 5.65. The van der Waals surface area contributed by atoms with Gasteiger partial charge in [-0.1, -0.05) is 19.3 Å². The first-order valence-corrected chi connectivity index (χ1v) is 7.46. The van der Waals surface area contributed by atoms with Crippen LogP contribution in [0.4, 0.5) is 11.4 Å². The highest BCUT2D eigenvalue weighted by molar-refractivity contribution is 5.96. The molecule has 1 aromatic carbocycles. The molecule has 4 nitrogen and oxygen atoms in total. The van der Waals surface area contributed by atoms with Gasteiger partial charge >= 0.3 is 0 Å². The maximum atomic E-state index is 12.2. The van der Waals surface area contributed by atoms with E-state index in [0.29, 0.717) is 6.42 Å². The maximum Gasteiger partial charge on any atom is 0.227 e. The first-order chi connectivity index (χ1) is 9.72. The Morgan fingerprint density at radius 3 is 2.75 bits per heavy atom. The largest absolute Gasteiger partial charge is 0.326 e. The lowest BCUT2D eigenvalue weighted by Crippen LogP contribution is -2.25. The molecule has 0 atom stereocenters. The molecule has 106 valence electrons. The lowest BCUT2D eigenvalue weighted by atomic mass is 9.88. The zero-order chi connectivity index (χ0) is 13.9. The number of fused-ring (bicyclic) bond motifs is 1. The Morgan fingerprint density at radius 1 is 1.15 bits per heavy atom. The van der Waals surface area contributed by atoms with Crippen LogP contribution in [0.25, 0.3) is 0 Å². The number of anilines is 2. The summed E-state index contributed by atoms with van der Waals surface area (Å²) >= 11 is 0. The zero-order valence-corrected chi connectivity index (χ0v) is 11.6. The second-order valence-corrected chi connectivity index (χ2v) is 5.74. The van der Waals surface area contributed by atoms with Crippen LogP contribution in [0.15, 0.2) is 18.2 Å². The van der Waals surface area contributed by atoms with Crippen LogP contribution in [0.1, 0.15) is 44.1 Å². The molecule has 2 aliphatic rings. The molecule has 1 aliphatic carbocycles. The van der Waals surface area contributed by atoms with Gasteiger partial charge in [-0.15, -0.1) is 0 Å². The molecule has 0 saturated heterocycles. The highest BCUT2D eigenvalue weighted by atomic mass is 16.2. The van der Waals surface area contributed by atoms with Crippen LogP contribution in [0.2, 0.25) is 0 Å². The monoisotopic (exact) mass is 272 g/mol. The summed E-state index contributed by atoms with van der Waals surface area (Å²) in [5, 5.41) is 5.87. The normalized spacial score (nSPS) is 19.1. The van der Waals surface area contributed by atoms with Gasteiger partial charge in [0.15, 0.2) is 0 Å². The standard InChI is InChI=1S/C16H20N2O2/c19-15-9-6-12-10-13(7-8-14(12)18-15)17-16(20)11-4-2-1-3-5-11/h7-8,10-11H,1-6,9H2,(H,17,20)(H,18,19). The third-order valence-corrected chi connectivity index (χ3v) is 4.24. The van der Waals surface area contributed by atoms with Crippen molar-refractivity contribution in [2.45, 2.75) is 44.9 Å². The first-order valence-electron chi connectivity index (χ1n) is 7.46. The molecule has 0 spiro atoms. The van der Waals surface area contributed by atoms with Gasteiger partial charge in [-0.25, -0.2) is 0 Å². The van der Waals surface area contributed by atoms with Crippen LogP contribution >= 0.6 is 0 Å². The predicted molar refractivity (Wildman–Crippen MR) is 78.6 cm³/mol. The fourth-order valence-corrected chi connectivity index (χ4v) is 3.07. The molecular formula is C16H20N2O2. The topological polar surface area (TPSA) is 58.2 Å². The third kappa shape index (κ3) is 2.84. The van der Waals surface area contributed by atoms with Crippen molar-refractivity contribution in [1.82, 2.24) is 0 Å². The Hall–Kier alpha value is -1.84. The number of benzene rings is 1. The maximum absolute atomic E-state index is 12.2. The van der Waals surface area contributed by atoms with Gasteiger partial charge in [0.05, 0.1) is 0 Å². The minimum absolute atomic E-state index is 0.0662. The molecule has 0 unspecified atom stereocenters. The molecule has 3 rings (SSSR count). The van der Waals surface area contributed by atoms with E-state index >= 15 is 0 Å².